The monoisotopic (exact) mass is 235 g/mol. The first-order valence-electron chi connectivity index (χ1n) is 6.59. The average molecular weight is 235 g/mol. The minimum Gasteiger partial charge on any atom is -0.381 e. The Labute approximate surface area is 105 Å². The summed E-state index contributed by atoms with van der Waals surface area (Å²) in [5, 5.41) is 3.35. The Hall–Kier alpha value is -0.860. The predicted octanol–water partition coefficient (Wildman–Crippen LogP) is 3.46. The van der Waals surface area contributed by atoms with Crippen molar-refractivity contribution >= 4 is 0 Å². The van der Waals surface area contributed by atoms with Crippen molar-refractivity contribution < 1.29 is 4.74 Å². The van der Waals surface area contributed by atoms with Gasteiger partial charge in [-0.25, -0.2) is 0 Å². The van der Waals surface area contributed by atoms with Crippen molar-refractivity contribution in [2.75, 3.05) is 20.3 Å². The lowest BCUT2D eigenvalue weighted by atomic mass is 10.0. The van der Waals surface area contributed by atoms with Gasteiger partial charge in [-0.2, -0.15) is 0 Å². The van der Waals surface area contributed by atoms with Crippen LogP contribution in [-0.2, 0) is 4.74 Å². The van der Waals surface area contributed by atoms with Gasteiger partial charge in [-0.1, -0.05) is 43.2 Å². The predicted molar refractivity (Wildman–Crippen MR) is 73.3 cm³/mol. The fraction of sp³-hybridized carbons (Fsp3) is 0.600. The second-order valence-corrected chi connectivity index (χ2v) is 4.51. The zero-order valence-electron chi connectivity index (χ0n) is 11.3. The summed E-state index contributed by atoms with van der Waals surface area (Å²) >= 11 is 0. The van der Waals surface area contributed by atoms with E-state index in [1.54, 1.807) is 0 Å². The van der Waals surface area contributed by atoms with E-state index in [0.29, 0.717) is 6.04 Å². The number of hydrogen-bond donors (Lipinski definition) is 1. The molecule has 0 aliphatic heterocycles. The van der Waals surface area contributed by atoms with Crippen molar-refractivity contribution in [1.29, 1.82) is 0 Å². The summed E-state index contributed by atoms with van der Waals surface area (Å²) in [5.74, 6) is 0. The molecule has 0 saturated carbocycles. The van der Waals surface area contributed by atoms with Gasteiger partial charge in [0.25, 0.3) is 0 Å². The Morgan fingerprint density at radius 2 is 1.88 bits per heavy atom. The van der Waals surface area contributed by atoms with E-state index < -0.39 is 0 Å². The number of benzene rings is 1. The summed E-state index contributed by atoms with van der Waals surface area (Å²) in [7, 11) is 2.01. The van der Waals surface area contributed by atoms with Gasteiger partial charge in [0.05, 0.1) is 0 Å². The van der Waals surface area contributed by atoms with Gasteiger partial charge in [0, 0.05) is 19.3 Å². The summed E-state index contributed by atoms with van der Waals surface area (Å²) in [6.07, 6.45) is 3.39. The number of nitrogens with one attached hydrogen (secondary N) is 1. The maximum atomic E-state index is 5.61. The van der Waals surface area contributed by atoms with Crippen LogP contribution in [0.4, 0.5) is 0 Å². The first-order valence-corrected chi connectivity index (χ1v) is 6.59. The zero-order valence-corrected chi connectivity index (χ0v) is 11.3. The van der Waals surface area contributed by atoms with Gasteiger partial charge in [0.15, 0.2) is 0 Å². The third-order valence-corrected chi connectivity index (χ3v) is 3.02. The van der Waals surface area contributed by atoms with E-state index in [2.05, 4.69) is 43.4 Å². The summed E-state index contributed by atoms with van der Waals surface area (Å²) in [6.45, 7) is 6.03. The fourth-order valence-electron chi connectivity index (χ4n) is 1.83. The number of aryl methyl sites for hydroxylation is 1. The van der Waals surface area contributed by atoms with Crippen LogP contribution in [0, 0.1) is 6.92 Å². The van der Waals surface area contributed by atoms with Gasteiger partial charge in [-0.15, -0.1) is 0 Å². The van der Waals surface area contributed by atoms with E-state index >= 15 is 0 Å². The smallest absolute Gasteiger partial charge is 0.0484 e. The maximum Gasteiger partial charge on any atom is 0.0484 e. The molecule has 0 amide bonds. The molecule has 1 unspecified atom stereocenters. The number of unbranched alkanes of at least 4 members (excludes halogenated alkanes) is 1. The van der Waals surface area contributed by atoms with Crippen LogP contribution in [0.15, 0.2) is 24.3 Å². The molecule has 0 aliphatic carbocycles. The van der Waals surface area contributed by atoms with Crippen LogP contribution in [-0.4, -0.2) is 20.3 Å². The Bertz CT molecular complexity index is 294. The molecule has 0 bridgehead atoms. The molecule has 0 aromatic heterocycles. The van der Waals surface area contributed by atoms with Crippen molar-refractivity contribution in [3.8, 4) is 0 Å². The Balaban J connectivity index is 2.35. The van der Waals surface area contributed by atoms with Gasteiger partial charge < -0.3 is 10.1 Å². The lowest BCUT2D eigenvalue weighted by Crippen LogP contribution is -2.18. The second kappa shape index (κ2) is 8.26. The average Bonchev–Trinajstić information content (AvgIpc) is 2.35. The molecule has 2 nitrogen and oxygen atoms in total. The van der Waals surface area contributed by atoms with E-state index in [-0.39, 0.29) is 0 Å². The molecule has 0 saturated heterocycles. The van der Waals surface area contributed by atoms with Crippen LogP contribution < -0.4 is 5.32 Å². The van der Waals surface area contributed by atoms with Gasteiger partial charge >= 0.3 is 0 Å². The highest BCUT2D eigenvalue weighted by molar-refractivity contribution is 5.24. The van der Waals surface area contributed by atoms with Gasteiger partial charge in [-0.3, -0.25) is 0 Å². The Morgan fingerprint density at radius 3 is 2.47 bits per heavy atom. The largest absolute Gasteiger partial charge is 0.381 e. The Morgan fingerprint density at radius 1 is 1.18 bits per heavy atom. The molecular weight excluding hydrogens is 210 g/mol. The van der Waals surface area contributed by atoms with Crippen molar-refractivity contribution in [3.63, 3.8) is 0 Å². The lowest BCUT2D eigenvalue weighted by molar-refractivity contribution is 0.122. The van der Waals surface area contributed by atoms with Crippen molar-refractivity contribution in [3.05, 3.63) is 35.4 Å². The fourth-order valence-corrected chi connectivity index (χ4v) is 1.83. The molecule has 96 valence electrons. The minimum atomic E-state index is 0.400. The molecule has 0 aliphatic rings. The summed E-state index contributed by atoms with van der Waals surface area (Å²) < 4.78 is 5.61. The van der Waals surface area contributed by atoms with Gasteiger partial charge in [0.2, 0.25) is 0 Å². The van der Waals surface area contributed by atoms with Crippen molar-refractivity contribution in [2.45, 2.75) is 39.2 Å². The van der Waals surface area contributed by atoms with Crippen LogP contribution in [0.2, 0.25) is 0 Å². The van der Waals surface area contributed by atoms with Crippen molar-refractivity contribution in [2.24, 2.45) is 0 Å². The first-order chi connectivity index (χ1) is 8.27. The third kappa shape index (κ3) is 5.33. The standard InChI is InChI=1S/C15H25NO/c1-4-5-11-17-12-10-15(16-3)14-8-6-13(2)7-9-14/h6-9,15-16H,4-5,10-12H2,1-3H3. The quantitative estimate of drug-likeness (QED) is 0.697. The van der Waals surface area contributed by atoms with Crippen LogP contribution in [0.25, 0.3) is 0 Å². The van der Waals surface area contributed by atoms with Crippen molar-refractivity contribution in [1.82, 2.24) is 5.32 Å². The topological polar surface area (TPSA) is 21.3 Å². The van der Waals surface area contributed by atoms with E-state index in [0.717, 1.165) is 26.1 Å². The summed E-state index contributed by atoms with van der Waals surface area (Å²) in [6, 6.07) is 9.12. The van der Waals surface area contributed by atoms with Gasteiger partial charge in [0.1, 0.15) is 0 Å². The molecule has 2 heteroatoms. The molecule has 0 fully saturated rings. The second-order valence-electron chi connectivity index (χ2n) is 4.51. The summed E-state index contributed by atoms with van der Waals surface area (Å²) in [4.78, 5) is 0. The molecule has 1 atom stereocenters. The van der Waals surface area contributed by atoms with Crippen LogP contribution in [0.1, 0.15) is 43.4 Å². The molecule has 0 radical (unpaired) electrons. The van der Waals surface area contributed by atoms with Crippen LogP contribution >= 0.6 is 0 Å². The molecule has 1 rings (SSSR count). The summed E-state index contributed by atoms with van der Waals surface area (Å²) in [5.41, 5.74) is 2.65. The van der Waals surface area contributed by atoms with E-state index in [4.69, 9.17) is 4.74 Å². The van der Waals surface area contributed by atoms with E-state index in [9.17, 15) is 0 Å². The highest BCUT2D eigenvalue weighted by Crippen LogP contribution is 2.16. The molecule has 1 aromatic rings. The highest BCUT2D eigenvalue weighted by Gasteiger charge is 2.08. The minimum absolute atomic E-state index is 0.400. The number of rotatable bonds is 8. The molecular formula is C15H25NO. The maximum absolute atomic E-state index is 5.61. The van der Waals surface area contributed by atoms with Gasteiger partial charge in [-0.05, 0) is 32.4 Å². The third-order valence-electron chi connectivity index (χ3n) is 3.02. The normalized spacial score (nSPS) is 12.6. The molecule has 17 heavy (non-hydrogen) atoms. The van der Waals surface area contributed by atoms with E-state index in [1.807, 2.05) is 7.05 Å². The molecule has 1 aromatic carbocycles. The Kier molecular flexibility index (Phi) is 6.90. The molecule has 0 spiro atoms. The lowest BCUT2D eigenvalue weighted by Gasteiger charge is -2.16. The molecule has 0 heterocycles. The zero-order chi connectivity index (χ0) is 12.5. The SMILES string of the molecule is CCCCOCCC(NC)c1ccc(C)cc1. The van der Waals surface area contributed by atoms with Crippen LogP contribution in [0.5, 0.6) is 0 Å². The highest BCUT2D eigenvalue weighted by atomic mass is 16.5. The first kappa shape index (κ1) is 14.2. The van der Waals surface area contributed by atoms with E-state index in [1.165, 1.54) is 17.5 Å². The molecule has 1 N–H and O–H groups in total. The van der Waals surface area contributed by atoms with Crippen LogP contribution in [0.3, 0.4) is 0 Å². The number of ether oxygens (including phenoxy) is 1. The number of hydrogen-bond acceptors (Lipinski definition) is 2.